The Balaban J connectivity index is 5.03. The van der Waals surface area contributed by atoms with Gasteiger partial charge < -0.3 is 5.09 Å². The van der Waals surface area contributed by atoms with Gasteiger partial charge in [0.1, 0.15) is 0 Å². The molecule has 104 valence electrons. The van der Waals surface area contributed by atoms with E-state index in [2.05, 4.69) is 72.5 Å². The van der Waals surface area contributed by atoms with Crippen LogP contribution in [0.3, 0.4) is 0 Å². The average Bonchev–Trinajstić information content (AvgIpc) is 1.65. The van der Waals surface area contributed by atoms with Crippen LogP contribution in [-0.4, -0.2) is 16.6 Å². The first-order valence-electron chi connectivity index (χ1n) is 6.05. The van der Waals surface area contributed by atoms with E-state index in [-0.39, 0.29) is 16.6 Å². The molecule has 2 N–H and O–H groups in total. The quantitative estimate of drug-likeness (QED) is 0.761. The van der Waals surface area contributed by atoms with Crippen LogP contribution in [0.15, 0.2) is 0 Å². The molecule has 17 heavy (non-hydrogen) atoms. The van der Waals surface area contributed by atoms with Gasteiger partial charge in [0.25, 0.3) is 0 Å². The largest absolute Gasteiger partial charge is 0.598 e. The lowest BCUT2D eigenvalue weighted by molar-refractivity contribution is 0.493. The summed E-state index contributed by atoms with van der Waals surface area (Å²) < 4.78 is 0. The standard InChI is InChI=1S/C12H29N3PS/c1-10(2,3)13-16(17,14-11(4,5)6)15-12(7,8)9/h1-9H3,(H2-,13,14,15,17)/q-1. The zero-order chi connectivity index (χ0) is 14.1. The van der Waals surface area contributed by atoms with E-state index >= 15 is 0 Å². The third-order valence-electron chi connectivity index (χ3n) is 1.41. The molecule has 0 aromatic rings. The van der Waals surface area contributed by atoms with Crippen LogP contribution >= 0.6 is 6.49 Å². The fourth-order valence-electron chi connectivity index (χ4n) is 1.41. The minimum Gasteiger partial charge on any atom is -0.598 e. The Morgan fingerprint density at radius 2 is 1.06 bits per heavy atom. The summed E-state index contributed by atoms with van der Waals surface area (Å²) in [6.45, 7) is 16.9. The molecule has 0 aromatic carbocycles. The fourth-order valence-corrected chi connectivity index (χ4v) is 6.61. The van der Waals surface area contributed by atoms with Crippen LogP contribution in [0.1, 0.15) is 62.3 Å². The molecule has 5 heteroatoms. The molecule has 0 aromatic heterocycles. The fraction of sp³-hybridized carbons (Fsp3) is 1.00. The van der Waals surface area contributed by atoms with Crippen LogP contribution in [0, 0.1) is 0 Å². The predicted octanol–water partition coefficient (Wildman–Crippen LogP) is 4.16. The van der Waals surface area contributed by atoms with E-state index in [4.69, 9.17) is 16.9 Å². The lowest BCUT2D eigenvalue weighted by Gasteiger charge is -2.52. The molecule has 0 saturated heterocycles. The first kappa shape index (κ1) is 17.5. The van der Waals surface area contributed by atoms with Gasteiger partial charge in [-0.25, -0.2) is 0 Å². The number of hydrogen-bond donors (Lipinski definition) is 2. The van der Waals surface area contributed by atoms with Crippen molar-refractivity contribution >= 4 is 18.3 Å². The Morgan fingerprint density at radius 3 is 1.24 bits per heavy atom. The van der Waals surface area contributed by atoms with E-state index in [1.165, 1.54) is 0 Å². The highest BCUT2D eigenvalue weighted by Crippen LogP contribution is 2.52. The normalized spacial score (nSPS) is 15.1. The van der Waals surface area contributed by atoms with Crippen LogP contribution in [-0.2, 0) is 11.8 Å². The summed E-state index contributed by atoms with van der Waals surface area (Å²) in [4.78, 5) is 0. The van der Waals surface area contributed by atoms with E-state index in [1.54, 1.807) is 0 Å². The summed E-state index contributed by atoms with van der Waals surface area (Å²) in [6.07, 6.45) is 0. The minimum absolute atomic E-state index is 0.0392. The molecule has 0 aliphatic rings. The summed E-state index contributed by atoms with van der Waals surface area (Å²) in [7, 11) is 0. The van der Waals surface area contributed by atoms with E-state index in [0.717, 1.165) is 0 Å². The van der Waals surface area contributed by atoms with Crippen molar-refractivity contribution in [2.75, 3.05) is 0 Å². The summed E-state index contributed by atoms with van der Waals surface area (Å²) >= 11 is 5.77. The van der Waals surface area contributed by atoms with Crippen LogP contribution in [0.4, 0.5) is 0 Å². The van der Waals surface area contributed by atoms with Gasteiger partial charge in [-0.1, -0.05) is 32.6 Å². The van der Waals surface area contributed by atoms with Gasteiger partial charge in [-0.05, 0) is 48.0 Å². The second-order valence-corrected chi connectivity index (χ2v) is 11.0. The zero-order valence-corrected chi connectivity index (χ0v) is 14.5. The smallest absolute Gasteiger partial charge is 0.0136 e. The Morgan fingerprint density at radius 1 is 0.765 bits per heavy atom. The Kier molecular flexibility index (Phi) is 5.42. The molecule has 0 saturated carbocycles. The monoisotopic (exact) mass is 278 g/mol. The highest BCUT2D eigenvalue weighted by molar-refractivity contribution is 8.14. The second kappa shape index (κ2) is 5.26. The molecule has 0 fully saturated rings. The average molecular weight is 278 g/mol. The molecule has 3 nitrogen and oxygen atoms in total. The molecule has 0 radical (unpaired) electrons. The molecule has 0 rings (SSSR count). The van der Waals surface area contributed by atoms with Crippen LogP contribution in [0.25, 0.3) is 5.09 Å². The van der Waals surface area contributed by atoms with Gasteiger partial charge in [-0.2, -0.15) is 0 Å². The summed E-state index contributed by atoms with van der Waals surface area (Å²) in [5.74, 6) is 0. The molecule has 0 heterocycles. The second-order valence-electron chi connectivity index (χ2n) is 7.57. The number of nitrogens with one attached hydrogen (secondary N) is 2. The van der Waals surface area contributed by atoms with Gasteiger partial charge in [0.15, 0.2) is 0 Å². The number of nitrogens with zero attached hydrogens (tertiary/aromatic N) is 1. The van der Waals surface area contributed by atoms with E-state index in [1.807, 2.05) is 0 Å². The summed E-state index contributed by atoms with van der Waals surface area (Å²) in [5.41, 5.74) is -0.211. The van der Waals surface area contributed by atoms with Crippen molar-refractivity contribution in [3.8, 4) is 0 Å². The van der Waals surface area contributed by atoms with Gasteiger partial charge in [-0.15, -0.1) is 5.54 Å². The molecule has 0 aliphatic heterocycles. The molecule has 0 bridgehead atoms. The Hall–Kier alpha value is 0.530. The van der Waals surface area contributed by atoms with Crippen molar-refractivity contribution in [3.05, 3.63) is 5.09 Å². The SMILES string of the molecule is CC(C)(C)[N-]P(=S)(NC(C)(C)C)NC(C)(C)C. The first-order valence-corrected chi connectivity index (χ1v) is 8.81. The number of hydrogen-bond acceptors (Lipinski definition) is 1. The predicted molar refractivity (Wildman–Crippen MR) is 83.2 cm³/mol. The molecule has 0 atom stereocenters. The maximum absolute atomic E-state index is 5.77. The van der Waals surface area contributed by atoms with Gasteiger partial charge in [0, 0.05) is 11.1 Å². The van der Waals surface area contributed by atoms with Crippen molar-refractivity contribution in [2.45, 2.75) is 78.9 Å². The van der Waals surface area contributed by atoms with Crippen LogP contribution in [0.5, 0.6) is 0 Å². The maximum atomic E-state index is 5.77. The topological polar surface area (TPSA) is 38.2 Å². The summed E-state index contributed by atoms with van der Waals surface area (Å²) in [6, 6.07) is 0. The van der Waals surface area contributed by atoms with E-state index < -0.39 is 6.49 Å². The van der Waals surface area contributed by atoms with Gasteiger partial charge in [0.05, 0.1) is 0 Å². The Labute approximate surface area is 113 Å². The number of rotatable bonds is 3. The first-order chi connectivity index (χ1) is 7.12. The minimum atomic E-state index is -2.13. The van der Waals surface area contributed by atoms with Crippen LogP contribution < -0.4 is 10.2 Å². The van der Waals surface area contributed by atoms with Crippen molar-refractivity contribution in [3.63, 3.8) is 0 Å². The molecule has 0 spiro atoms. The van der Waals surface area contributed by atoms with Crippen molar-refractivity contribution in [1.29, 1.82) is 0 Å². The third kappa shape index (κ3) is 10.2. The Bertz CT molecular complexity index is 247. The highest BCUT2D eigenvalue weighted by Gasteiger charge is 2.22. The zero-order valence-electron chi connectivity index (χ0n) is 12.8. The maximum Gasteiger partial charge on any atom is 0.0136 e. The van der Waals surface area contributed by atoms with Crippen molar-refractivity contribution in [2.24, 2.45) is 0 Å². The highest BCUT2D eigenvalue weighted by atomic mass is 32.4. The van der Waals surface area contributed by atoms with Gasteiger partial charge in [0.2, 0.25) is 0 Å². The van der Waals surface area contributed by atoms with Crippen molar-refractivity contribution in [1.82, 2.24) is 10.2 Å². The lowest BCUT2D eigenvalue weighted by atomic mass is 10.1. The molecule has 0 aliphatic carbocycles. The third-order valence-corrected chi connectivity index (χ3v) is 5.04. The van der Waals surface area contributed by atoms with Gasteiger partial charge >= 0.3 is 0 Å². The summed E-state index contributed by atoms with van der Waals surface area (Å²) in [5, 5.41) is 11.8. The molecule has 0 amide bonds. The van der Waals surface area contributed by atoms with Gasteiger partial charge in [-0.3, -0.25) is 10.2 Å². The van der Waals surface area contributed by atoms with Crippen molar-refractivity contribution < 1.29 is 0 Å². The molecule has 0 unspecified atom stereocenters. The molecular formula is C12H29N3PS-. The van der Waals surface area contributed by atoms with E-state index in [9.17, 15) is 0 Å². The van der Waals surface area contributed by atoms with Crippen LogP contribution in [0.2, 0.25) is 0 Å². The van der Waals surface area contributed by atoms with E-state index in [0.29, 0.717) is 0 Å². The molecular weight excluding hydrogens is 249 g/mol. The lowest BCUT2D eigenvalue weighted by Crippen LogP contribution is -2.43.